The molecule has 1 heterocycles. The summed E-state index contributed by atoms with van der Waals surface area (Å²) in [4.78, 5) is 18.4. The third kappa shape index (κ3) is 3.02. The summed E-state index contributed by atoms with van der Waals surface area (Å²) in [5.41, 5.74) is 2.65. The van der Waals surface area contributed by atoms with Gasteiger partial charge in [0.1, 0.15) is 5.82 Å². The molecule has 100 valence electrons. The summed E-state index contributed by atoms with van der Waals surface area (Å²) in [5, 5.41) is 8.93. The molecule has 0 spiro atoms. The number of carbonyl (C=O) groups is 1. The van der Waals surface area contributed by atoms with E-state index in [1.807, 2.05) is 39.0 Å². The summed E-state index contributed by atoms with van der Waals surface area (Å²) in [6, 6.07) is 8.11. The minimum absolute atomic E-state index is 0.0494. The minimum atomic E-state index is -0.821. The van der Waals surface area contributed by atoms with Gasteiger partial charge in [-0.15, -0.1) is 0 Å². The fourth-order valence-corrected chi connectivity index (χ4v) is 2.09. The normalized spacial score (nSPS) is 11.5. The van der Waals surface area contributed by atoms with Crippen LogP contribution in [0.4, 0.5) is 0 Å². The highest BCUT2D eigenvalue weighted by molar-refractivity contribution is 5.68. The zero-order valence-electron chi connectivity index (χ0n) is 11.4. The Morgan fingerprint density at radius 1 is 1.42 bits per heavy atom. The number of nitrogens with zero attached hydrogens (tertiary/aromatic N) is 1. The van der Waals surface area contributed by atoms with Crippen molar-refractivity contribution < 1.29 is 9.90 Å². The summed E-state index contributed by atoms with van der Waals surface area (Å²) >= 11 is 0. The highest BCUT2D eigenvalue weighted by Gasteiger charge is 2.27. The number of aliphatic carboxylic acids is 1. The Kier molecular flexibility index (Phi) is 3.42. The summed E-state index contributed by atoms with van der Waals surface area (Å²) in [6.07, 6.45) is 1.81. The molecule has 2 N–H and O–H groups in total. The number of hydrogen-bond acceptors (Lipinski definition) is 2. The van der Waals surface area contributed by atoms with Gasteiger partial charge in [-0.05, 0) is 18.6 Å². The van der Waals surface area contributed by atoms with E-state index in [1.54, 1.807) is 6.20 Å². The zero-order valence-corrected chi connectivity index (χ0v) is 11.4. The molecule has 2 aromatic rings. The van der Waals surface area contributed by atoms with Crippen LogP contribution in [-0.2, 0) is 10.2 Å². The Morgan fingerprint density at radius 3 is 2.79 bits per heavy atom. The Labute approximate surface area is 112 Å². The molecular formula is C15H18N2O2. The first-order chi connectivity index (χ1) is 8.88. The number of carboxylic acids is 1. The number of imidazole rings is 1. The summed E-state index contributed by atoms with van der Waals surface area (Å²) < 4.78 is 0. The van der Waals surface area contributed by atoms with Gasteiger partial charge in [0.15, 0.2) is 0 Å². The van der Waals surface area contributed by atoms with Crippen LogP contribution in [0.5, 0.6) is 0 Å². The molecule has 0 atom stereocenters. The van der Waals surface area contributed by atoms with E-state index in [9.17, 15) is 4.79 Å². The van der Waals surface area contributed by atoms with Crippen LogP contribution in [0.2, 0.25) is 0 Å². The highest BCUT2D eigenvalue weighted by atomic mass is 16.4. The van der Waals surface area contributed by atoms with Gasteiger partial charge in [-0.25, -0.2) is 4.98 Å². The first kappa shape index (κ1) is 13.3. The van der Waals surface area contributed by atoms with Crippen LogP contribution < -0.4 is 0 Å². The van der Waals surface area contributed by atoms with E-state index in [-0.39, 0.29) is 6.42 Å². The van der Waals surface area contributed by atoms with Gasteiger partial charge in [-0.1, -0.05) is 37.6 Å². The number of nitrogens with one attached hydrogen (secondary N) is 1. The number of rotatable bonds is 4. The third-order valence-electron chi connectivity index (χ3n) is 3.14. The van der Waals surface area contributed by atoms with Crippen molar-refractivity contribution in [3.63, 3.8) is 0 Å². The Morgan fingerprint density at radius 2 is 2.16 bits per heavy atom. The number of aromatic amines is 1. The average molecular weight is 258 g/mol. The molecule has 0 radical (unpaired) electrons. The maximum absolute atomic E-state index is 10.9. The predicted octanol–water partition coefficient (Wildman–Crippen LogP) is 3.14. The Hall–Kier alpha value is -2.10. The van der Waals surface area contributed by atoms with Crippen molar-refractivity contribution >= 4 is 5.97 Å². The molecule has 4 heteroatoms. The number of aromatic nitrogens is 2. The SMILES string of the molecule is Cc1cccc(-c2cnc(C(C)(C)CC(=O)O)[nH]2)c1. The Balaban J connectivity index is 2.31. The van der Waals surface area contributed by atoms with Crippen molar-refractivity contribution in [3.8, 4) is 11.3 Å². The maximum atomic E-state index is 10.9. The summed E-state index contributed by atoms with van der Waals surface area (Å²) in [6.45, 7) is 5.79. The highest BCUT2D eigenvalue weighted by Crippen LogP contribution is 2.27. The molecule has 0 amide bonds. The Bertz CT molecular complexity index is 600. The number of aryl methyl sites for hydroxylation is 1. The summed E-state index contributed by atoms with van der Waals surface area (Å²) in [7, 11) is 0. The second-order valence-corrected chi connectivity index (χ2v) is 5.47. The first-order valence-corrected chi connectivity index (χ1v) is 6.23. The van der Waals surface area contributed by atoms with E-state index in [1.165, 1.54) is 5.56 Å². The maximum Gasteiger partial charge on any atom is 0.304 e. The van der Waals surface area contributed by atoms with Crippen LogP contribution in [0.1, 0.15) is 31.7 Å². The molecule has 0 fully saturated rings. The largest absolute Gasteiger partial charge is 0.481 e. The van der Waals surface area contributed by atoms with Crippen LogP contribution >= 0.6 is 0 Å². The molecule has 1 aromatic carbocycles. The van der Waals surface area contributed by atoms with Gasteiger partial charge in [-0.3, -0.25) is 4.79 Å². The topological polar surface area (TPSA) is 66.0 Å². The van der Waals surface area contributed by atoms with E-state index in [0.717, 1.165) is 11.3 Å². The number of benzene rings is 1. The van der Waals surface area contributed by atoms with E-state index < -0.39 is 11.4 Å². The van der Waals surface area contributed by atoms with Crippen LogP contribution in [0, 0.1) is 6.92 Å². The van der Waals surface area contributed by atoms with Gasteiger partial charge in [0.25, 0.3) is 0 Å². The van der Waals surface area contributed by atoms with Gasteiger partial charge >= 0.3 is 5.97 Å². The number of hydrogen-bond donors (Lipinski definition) is 2. The van der Waals surface area contributed by atoms with Crippen molar-refractivity contribution in [3.05, 3.63) is 41.9 Å². The molecule has 0 bridgehead atoms. The lowest BCUT2D eigenvalue weighted by atomic mass is 9.88. The van der Waals surface area contributed by atoms with Crippen molar-refractivity contribution in [2.24, 2.45) is 0 Å². The van der Waals surface area contributed by atoms with E-state index in [2.05, 4.69) is 16.0 Å². The van der Waals surface area contributed by atoms with E-state index >= 15 is 0 Å². The lowest BCUT2D eigenvalue weighted by molar-refractivity contribution is -0.138. The van der Waals surface area contributed by atoms with Crippen molar-refractivity contribution in [1.29, 1.82) is 0 Å². The van der Waals surface area contributed by atoms with Gasteiger partial charge in [0, 0.05) is 5.41 Å². The number of carboxylic acid groups (broad SMARTS) is 1. The molecule has 4 nitrogen and oxygen atoms in total. The quantitative estimate of drug-likeness (QED) is 0.885. The standard InChI is InChI=1S/C15H18N2O2/c1-10-5-4-6-11(7-10)12-9-16-14(17-12)15(2,3)8-13(18)19/h4-7,9H,8H2,1-3H3,(H,16,17)(H,18,19). The van der Waals surface area contributed by atoms with Crippen LogP contribution in [-0.4, -0.2) is 21.0 Å². The van der Waals surface area contributed by atoms with Gasteiger partial charge in [0.2, 0.25) is 0 Å². The molecule has 0 saturated carbocycles. The molecule has 0 aliphatic carbocycles. The van der Waals surface area contributed by atoms with Gasteiger partial charge in [0.05, 0.1) is 18.3 Å². The average Bonchev–Trinajstić information content (AvgIpc) is 2.77. The summed E-state index contributed by atoms with van der Waals surface area (Å²) in [5.74, 6) is -0.120. The lowest BCUT2D eigenvalue weighted by Crippen LogP contribution is -2.23. The fraction of sp³-hybridized carbons (Fsp3) is 0.333. The van der Waals surface area contributed by atoms with Crippen LogP contribution in [0.25, 0.3) is 11.3 Å². The molecular weight excluding hydrogens is 240 g/mol. The predicted molar refractivity (Wildman–Crippen MR) is 74.0 cm³/mol. The van der Waals surface area contributed by atoms with E-state index in [0.29, 0.717) is 5.82 Å². The molecule has 0 aliphatic heterocycles. The monoisotopic (exact) mass is 258 g/mol. The molecule has 0 unspecified atom stereocenters. The van der Waals surface area contributed by atoms with Crippen molar-refractivity contribution in [2.45, 2.75) is 32.6 Å². The smallest absolute Gasteiger partial charge is 0.304 e. The molecule has 1 aromatic heterocycles. The van der Waals surface area contributed by atoms with Crippen LogP contribution in [0.3, 0.4) is 0 Å². The molecule has 19 heavy (non-hydrogen) atoms. The second kappa shape index (κ2) is 4.88. The number of H-pyrrole nitrogens is 1. The van der Waals surface area contributed by atoms with Crippen molar-refractivity contribution in [1.82, 2.24) is 9.97 Å². The van der Waals surface area contributed by atoms with Crippen molar-refractivity contribution in [2.75, 3.05) is 0 Å². The fourth-order valence-electron chi connectivity index (χ4n) is 2.09. The lowest BCUT2D eigenvalue weighted by Gasteiger charge is -2.19. The minimum Gasteiger partial charge on any atom is -0.481 e. The second-order valence-electron chi connectivity index (χ2n) is 5.47. The third-order valence-corrected chi connectivity index (χ3v) is 3.14. The van der Waals surface area contributed by atoms with Crippen LogP contribution in [0.15, 0.2) is 30.5 Å². The van der Waals surface area contributed by atoms with E-state index in [4.69, 9.17) is 5.11 Å². The first-order valence-electron chi connectivity index (χ1n) is 6.23. The van der Waals surface area contributed by atoms with Gasteiger partial charge < -0.3 is 10.1 Å². The molecule has 2 rings (SSSR count). The molecule has 0 aliphatic rings. The van der Waals surface area contributed by atoms with Gasteiger partial charge in [-0.2, -0.15) is 0 Å². The zero-order chi connectivity index (χ0) is 14.0. The molecule has 0 saturated heterocycles.